The summed E-state index contributed by atoms with van der Waals surface area (Å²) in [5.41, 5.74) is -0.118. The molecule has 2 rings (SSSR count). The Labute approximate surface area is 143 Å². The molecule has 0 radical (unpaired) electrons. The monoisotopic (exact) mass is 354 g/mol. The topological polar surface area (TPSA) is 89.3 Å². The second kappa shape index (κ2) is 7.19. The SMILES string of the molecule is CCC(C)(C)C1CCC(NS(=O)(=O)c2ccccc2[N+](=O)[O-])CC1. The van der Waals surface area contributed by atoms with Crippen molar-refractivity contribution in [2.75, 3.05) is 0 Å². The van der Waals surface area contributed by atoms with Gasteiger partial charge in [-0.3, -0.25) is 10.1 Å². The van der Waals surface area contributed by atoms with Gasteiger partial charge in [-0.1, -0.05) is 39.3 Å². The zero-order chi connectivity index (χ0) is 18.0. The quantitative estimate of drug-likeness (QED) is 0.620. The van der Waals surface area contributed by atoms with Crippen molar-refractivity contribution in [3.05, 3.63) is 34.4 Å². The van der Waals surface area contributed by atoms with Gasteiger partial charge in [-0.25, -0.2) is 13.1 Å². The van der Waals surface area contributed by atoms with E-state index in [1.54, 1.807) is 0 Å². The summed E-state index contributed by atoms with van der Waals surface area (Å²) in [5.74, 6) is 0.592. The first-order valence-electron chi connectivity index (χ1n) is 8.43. The molecule has 1 aromatic carbocycles. The van der Waals surface area contributed by atoms with Gasteiger partial charge >= 0.3 is 0 Å². The van der Waals surface area contributed by atoms with Crippen molar-refractivity contribution in [2.45, 2.75) is 63.8 Å². The number of nitrogens with one attached hydrogen (secondary N) is 1. The molecule has 7 heteroatoms. The Morgan fingerprint density at radius 3 is 2.33 bits per heavy atom. The molecule has 0 saturated heterocycles. The standard InChI is InChI=1S/C17H26N2O4S/c1-4-17(2,3)13-9-11-14(12-10-13)18-24(22,23)16-8-6-5-7-15(16)19(20)21/h5-8,13-14,18H,4,9-12H2,1-3H3. The van der Waals surface area contributed by atoms with E-state index in [9.17, 15) is 18.5 Å². The Bertz CT molecular complexity index is 692. The van der Waals surface area contributed by atoms with Crippen LogP contribution >= 0.6 is 0 Å². The average molecular weight is 354 g/mol. The highest BCUT2D eigenvalue weighted by Gasteiger charge is 2.34. The summed E-state index contributed by atoms with van der Waals surface area (Å²) in [6.45, 7) is 6.70. The molecule has 24 heavy (non-hydrogen) atoms. The van der Waals surface area contributed by atoms with Crippen LogP contribution in [0.15, 0.2) is 29.2 Å². The average Bonchev–Trinajstić information content (AvgIpc) is 2.55. The van der Waals surface area contributed by atoms with Crippen LogP contribution in [0, 0.1) is 21.4 Å². The van der Waals surface area contributed by atoms with Gasteiger partial charge in [-0.05, 0) is 43.1 Å². The van der Waals surface area contributed by atoms with Crippen LogP contribution in [-0.2, 0) is 10.0 Å². The number of hydrogen-bond donors (Lipinski definition) is 1. The largest absolute Gasteiger partial charge is 0.289 e. The number of rotatable bonds is 6. The maximum absolute atomic E-state index is 12.5. The van der Waals surface area contributed by atoms with Gasteiger partial charge in [0.05, 0.1) is 4.92 Å². The number of nitro groups is 1. The van der Waals surface area contributed by atoms with Gasteiger partial charge in [0.2, 0.25) is 10.0 Å². The molecule has 1 N–H and O–H groups in total. The summed E-state index contributed by atoms with van der Waals surface area (Å²) in [4.78, 5) is 10.1. The van der Waals surface area contributed by atoms with Gasteiger partial charge in [0.15, 0.2) is 4.90 Å². The fourth-order valence-corrected chi connectivity index (χ4v) is 4.88. The van der Waals surface area contributed by atoms with Crippen molar-refractivity contribution >= 4 is 15.7 Å². The zero-order valence-corrected chi connectivity index (χ0v) is 15.3. The number of benzene rings is 1. The van der Waals surface area contributed by atoms with E-state index in [1.807, 2.05) is 0 Å². The van der Waals surface area contributed by atoms with Crippen LogP contribution in [0.4, 0.5) is 5.69 Å². The van der Waals surface area contributed by atoms with Crippen molar-refractivity contribution < 1.29 is 13.3 Å². The molecule has 1 aliphatic carbocycles. The van der Waals surface area contributed by atoms with E-state index >= 15 is 0 Å². The fourth-order valence-electron chi connectivity index (χ4n) is 3.40. The fraction of sp³-hybridized carbons (Fsp3) is 0.647. The Balaban J connectivity index is 2.08. The summed E-state index contributed by atoms with van der Waals surface area (Å²) in [6, 6.07) is 5.32. The van der Waals surface area contributed by atoms with Crippen LogP contribution in [-0.4, -0.2) is 19.4 Å². The molecule has 6 nitrogen and oxygen atoms in total. The highest BCUT2D eigenvalue weighted by molar-refractivity contribution is 7.89. The predicted molar refractivity (Wildman–Crippen MR) is 93.2 cm³/mol. The number of sulfonamides is 1. The van der Waals surface area contributed by atoms with Crippen LogP contribution in [0.3, 0.4) is 0 Å². The molecule has 0 spiro atoms. The minimum Gasteiger partial charge on any atom is -0.258 e. The van der Waals surface area contributed by atoms with Gasteiger partial charge in [0, 0.05) is 12.1 Å². The lowest BCUT2D eigenvalue weighted by Gasteiger charge is -2.38. The minimum atomic E-state index is -3.89. The van der Waals surface area contributed by atoms with E-state index in [4.69, 9.17) is 0 Å². The number of nitrogens with zero attached hydrogens (tertiary/aromatic N) is 1. The van der Waals surface area contributed by atoms with Crippen LogP contribution in [0.1, 0.15) is 52.9 Å². The van der Waals surface area contributed by atoms with Gasteiger partial charge in [0.1, 0.15) is 0 Å². The summed E-state index contributed by atoms with van der Waals surface area (Å²) < 4.78 is 27.8. The van der Waals surface area contributed by atoms with E-state index in [0.717, 1.165) is 32.1 Å². The van der Waals surface area contributed by atoms with Gasteiger partial charge < -0.3 is 0 Å². The summed E-state index contributed by atoms with van der Waals surface area (Å²) in [6.07, 6.45) is 4.60. The lowest BCUT2D eigenvalue weighted by Crippen LogP contribution is -2.40. The van der Waals surface area contributed by atoms with Crippen LogP contribution in [0.5, 0.6) is 0 Å². The molecule has 1 aromatic rings. The van der Waals surface area contributed by atoms with Crippen molar-refractivity contribution in [3.8, 4) is 0 Å². The van der Waals surface area contributed by atoms with E-state index in [-0.39, 0.29) is 22.0 Å². The predicted octanol–water partition coefficient (Wildman–Crippen LogP) is 3.87. The van der Waals surface area contributed by atoms with Crippen molar-refractivity contribution in [3.63, 3.8) is 0 Å². The Kier molecular flexibility index (Phi) is 5.65. The summed E-state index contributed by atoms with van der Waals surface area (Å²) in [5, 5.41) is 11.1. The Morgan fingerprint density at radius 1 is 1.21 bits per heavy atom. The molecule has 1 fully saturated rings. The van der Waals surface area contributed by atoms with Crippen molar-refractivity contribution in [1.29, 1.82) is 0 Å². The Hall–Kier alpha value is -1.47. The Morgan fingerprint density at radius 2 is 1.79 bits per heavy atom. The summed E-state index contributed by atoms with van der Waals surface area (Å²) in [7, 11) is -3.89. The van der Waals surface area contributed by atoms with Gasteiger partial charge in [-0.15, -0.1) is 0 Å². The van der Waals surface area contributed by atoms with Crippen molar-refractivity contribution in [2.24, 2.45) is 11.3 Å². The number of nitro benzene ring substituents is 1. The van der Waals surface area contributed by atoms with E-state index in [0.29, 0.717) is 5.92 Å². The third-order valence-electron chi connectivity index (χ3n) is 5.42. The normalized spacial score (nSPS) is 22.3. The van der Waals surface area contributed by atoms with Crippen LogP contribution in [0.2, 0.25) is 0 Å². The first-order valence-corrected chi connectivity index (χ1v) is 9.91. The maximum atomic E-state index is 12.5. The van der Waals surface area contributed by atoms with E-state index < -0.39 is 14.9 Å². The van der Waals surface area contributed by atoms with Gasteiger partial charge in [-0.2, -0.15) is 0 Å². The number of para-hydroxylation sites is 1. The lowest BCUT2D eigenvalue weighted by molar-refractivity contribution is -0.387. The number of hydrogen-bond acceptors (Lipinski definition) is 4. The highest BCUT2D eigenvalue weighted by atomic mass is 32.2. The minimum absolute atomic E-state index is 0.154. The highest BCUT2D eigenvalue weighted by Crippen LogP contribution is 2.40. The van der Waals surface area contributed by atoms with Crippen LogP contribution in [0.25, 0.3) is 0 Å². The van der Waals surface area contributed by atoms with E-state index in [2.05, 4.69) is 25.5 Å². The molecule has 134 valence electrons. The molecule has 1 aliphatic rings. The van der Waals surface area contributed by atoms with Gasteiger partial charge in [0.25, 0.3) is 5.69 Å². The van der Waals surface area contributed by atoms with Crippen LogP contribution < -0.4 is 4.72 Å². The first-order chi connectivity index (χ1) is 11.2. The molecule has 0 unspecified atom stereocenters. The molecular formula is C17H26N2O4S. The molecule has 0 amide bonds. The molecule has 0 atom stereocenters. The zero-order valence-electron chi connectivity index (χ0n) is 14.5. The molecule has 1 saturated carbocycles. The third kappa shape index (κ3) is 4.13. The smallest absolute Gasteiger partial charge is 0.258 e. The van der Waals surface area contributed by atoms with E-state index in [1.165, 1.54) is 24.3 Å². The summed E-state index contributed by atoms with van der Waals surface area (Å²) >= 11 is 0. The molecule has 0 aromatic heterocycles. The molecular weight excluding hydrogens is 328 g/mol. The molecule has 0 heterocycles. The maximum Gasteiger partial charge on any atom is 0.289 e. The first kappa shape index (κ1) is 18.9. The lowest BCUT2D eigenvalue weighted by atomic mass is 9.69. The molecule has 0 aliphatic heterocycles. The van der Waals surface area contributed by atoms with Crippen molar-refractivity contribution in [1.82, 2.24) is 4.72 Å². The second-order valence-corrected chi connectivity index (χ2v) is 8.92. The third-order valence-corrected chi connectivity index (χ3v) is 6.98. The molecule has 0 bridgehead atoms. The second-order valence-electron chi connectivity index (χ2n) is 7.24.